The number of halogens is 1. The van der Waals surface area contributed by atoms with Crippen LogP contribution in [0.1, 0.15) is 30.5 Å². The standard InChI is InChI=1S/C15H20ClNO2/c1-8-6-11-10(4-5-17-3)14-12(7-9(2)18-14)13(16)15(11)19-8/h8-9,17H,4-7H2,1-3H3. The summed E-state index contributed by atoms with van der Waals surface area (Å²) >= 11 is 6.52. The Morgan fingerprint density at radius 1 is 1.11 bits per heavy atom. The first-order chi connectivity index (χ1) is 9.11. The van der Waals surface area contributed by atoms with Gasteiger partial charge in [-0.25, -0.2) is 0 Å². The lowest BCUT2D eigenvalue weighted by molar-refractivity contribution is 0.252. The van der Waals surface area contributed by atoms with Crippen LogP contribution >= 0.6 is 11.6 Å². The number of hydrogen-bond donors (Lipinski definition) is 1. The van der Waals surface area contributed by atoms with Crippen LogP contribution in [0.15, 0.2) is 0 Å². The van der Waals surface area contributed by atoms with Crippen LogP contribution in [0.2, 0.25) is 5.02 Å². The van der Waals surface area contributed by atoms with Gasteiger partial charge in [0.25, 0.3) is 0 Å². The molecule has 2 aliphatic heterocycles. The lowest BCUT2D eigenvalue weighted by Gasteiger charge is -2.15. The molecule has 3 rings (SSSR count). The molecular formula is C15H20ClNO2. The average Bonchev–Trinajstić information content (AvgIpc) is 2.93. The van der Waals surface area contributed by atoms with Crippen molar-refractivity contribution in [1.29, 1.82) is 0 Å². The number of nitrogens with one attached hydrogen (secondary N) is 1. The number of likely N-dealkylation sites (N-methyl/N-ethyl adjacent to an activating group) is 1. The van der Waals surface area contributed by atoms with Gasteiger partial charge in [-0.1, -0.05) is 11.6 Å². The molecule has 0 aliphatic carbocycles. The van der Waals surface area contributed by atoms with E-state index in [1.165, 1.54) is 11.1 Å². The molecule has 19 heavy (non-hydrogen) atoms. The second kappa shape index (κ2) is 4.88. The maximum atomic E-state index is 6.52. The van der Waals surface area contributed by atoms with Crippen LogP contribution in [0, 0.1) is 0 Å². The quantitative estimate of drug-likeness (QED) is 0.924. The van der Waals surface area contributed by atoms with Crippen LogP contribution in [-0.4, -0.2) is 25.8 Å². The summed E-state index contributed by atoms with van der Waals surface area (Å²) in [7, 11) is 1.97. The maximum absolute atomic E-state index is 6.52. The van der Waals surface area contributed by atoms with E-state index >= 15 is 0 Å². The second-order valence-electron chi connectivity index (χ2n) is 5.53. The van der Waals surface area contributed by atoms with Gasteiger partial charge in [0.05, 0.1) is 5.02 Å². The molecule has 0 saturated heterocycles. The molecule has 104 valence electrons. The zero-order valence-corrected chi connectivity index (χ0v) is 12.4. The SMILES string of the molecule is CNCCc1c2c(c(Cl)c3c1OC(C)C3)OC(C)C2. The van der Waals surface area contributed by atoms with E-state index in [0.717, 1.165) is 47.9 Å². The molecule has 1 aromatic carbocycles. The lowest BCUT2D eigenvalue weighted by Crippen LogP contribution is -2.13. The van der Waals surface area contributed by atoms with E-state index in [9.17, 15) is 0 Å². The minimum atomic E-state index is 0.209. The molecule has 0 spiro atoms. The van der Waals surface area contributed by atoms with Crippen molar-refractivity contribution >= 4 is 11.6 Å². The Morgan fingerprint density at radius 3 is 2.42 bits per heavy atom. The summed E-state index contributed by atoms with van der Waals surface area (Å²) < 4.78 is 11.9. The van der Waals surface area contributed by atoms with E-state index < -0.39 is 0 Å². The molecule has 4 heteroatoms. The van der Waals surface area contributed by atoms with Crippen molar-refractivity contribution in [2.75, 3.05) is 13.6 Å². The number of fused-ring (bicyclic) bond motifs is 2. The normalized spacial score (nSPS) is 23.8. The smallest absolute Gasteiger partial charge is 0.142 e. The molecule has 2 atom stereocenters. The van der Waals surface area contributed by atoms with Crippen LogP contribution in [0.25, 0.3) is 0 Å². The molecule has 1 aromatic rings. The van der Waals surface area contributed by atoms with E-state index in [2.05, 4.69) is 19.2 Å². The zero-order chi connectivity index (χ0) is 13.6. The molecule has 0 radical (unpaired) electrons. The number of benzene rings is 1. The lowest BCUT2D eigenvalue weighted by atomic mass is 9.96. The molecule has 0 saturated carbocycles. The third-order valence-corrected chi connectivity index (χ3v) is 4.30. The van der Waals surface area contributed by atoms with E-state index in [1.807, 2.05) is 7.05 Å². The molecule has 2 heterocycles. The Labute approximate surface area is 119 Å². The molecule has 3 nitrogen and oxygen atoms in total. The maximum Gasteiger partial charge on any atom is 0.142 e. The van der Waals surface area contributed by atoms with Gasteiger partial charge in [0.1, 0.15) is 23.7 Å². The minimum absolute atomic E-state index is 0.209. The molecule has 0 fully saturated rings. The summed E-state index contributed by atoms with van der Waals surface area (Å²) in [5.74, 6) is 1.92. The van der Waals surface area contributed by atoms with Crippen LogP contribution < -0.4 is 14.8 Å². The first kappa shape index (κ1) is 13.1. The van der Waals surface area contributed by atoms with Gasteiger partial charge in [-0.2, -0.15) is 0 Å². The molecule has 1 N–H and O–H groups in total. The predicted octanol–water partition coefficient (Wildman–Crippen LogP) is 2.75. The topological polar surface area (TPSA) is 30.5 Å². The highest BCUT2D eigenvalue weighted by Gasteiger charge is 2.34. The van der Waals surface area contributed by atoms with Crippen LogP contribution in [0.4, 0.5) is 0 Å². The van der Waals surface area contributed by atoms with Crippen molar-refractivity contribution in [2.24, 2.45) is 0 Å². The van der Waals surface area contributed by atoms with Gasteiger partial charge in [-0.15, -0.1) is 0 Å². The molecule has 0 amide bonds. The first-order valence-corrected chi connectivity index (χ1v) is 7.33. The summed E-state index contributed by atoms with van der Waals surface area (Å²) in [5.41, 5.74) is 3.67. The predicted molar refractivity (Wildman–Crippen MR) is 76.7 cm³/mol. The summed E-state index contributed by atoms with van der Waals surface area (Å²) in [6.45, 7) is 5.12. The molecule has 2 aliphatic rings. The monoisotopic (exact) mass is 281 g/mol. The Bertz CT molecular complexity index is 476. The number of rotatable bonds is 3. The van der Waals surface area contributed by atoms with Crippen LogP contribution in [0.5, 0.6) is 11.5 Å². The van der Waals surface area contributed by atoms with E-state index in [1.54, 1.807) is 0 Å². The molecular weight excluding hydrogens is 262 g/mol. The van der Waals surface area contributed by atoms with Crippen molar-refractivity contribution in [2.45, 2.75) is 45.3 Å². The Balaban J connectivity index is 2.12. The van der Waals surface area contributed by atoms with Gasteiger partial charge in [0.15, 0.2) is 0 Å². The number of ether oxygens (including phenoxy) is 2. The van der Waals surface area contributed by atoms with E-state index in [-0.39, 0.29) is 12.2 Å². The van der Waals surface area contributed by atoms with Crippen molar-refractivity contribution in [1.82, 2.24) is 5.32 Å². The van der Waals surface area contributed by atoms with Crippen molar-refractivity contribution < 1.29 is 9.47 Å². The van der Waals surface area contributed by atoms with Gasteiger partial charge in [0, 0.05) is 29.5 Å². The zero-order valence-electron chi connectivity index (χ0n) is 11.7. The molecule has 2 unspecified atom stereocenters. The van der Waals surface area contributed by atoms with Crippen molar-refractivity contribution in [3.8, 4) is 11.5 Å². The summed E-state index contributed by atoms with van der Waals surface area (Å²) in [6, 6.07) is 0. The highest BCUT2D eigenvalue weighted by Crippen LogP contribution is 2.49. The largest absolute Gasteiger partial charge is 0.490 e. The Morgan fingerprint density at radius 2 is 1.74 bits per heavy atom. The Hall–Kier alpha value is -0.930. The fourth-order valence-corrected chi connectivity index (χ4v) is 3.39. The van der Waals surface area contributed by atoms with Crippen LogP contribution in [-0.2, 0) is 19.3 Å². The van der Waals surface area contributed by atoms with Crippen LogP contribution in [0.3, 0.4) is 0 Å². The summed E-state index contributed by atoms with van der Waals surface area (Å²) in [4.78, 5) is 0. The highest BCUT2D eigenvalue weighted by molar-refractivity contribution is 6.33. The van der Waals surface area contributed by atoms with Crippen molar-refractivity contribution in [3.05, 3.63) is 21.7 Å². The average molecular weight is 282 g/mol. The fraction of sp³-hybridized carbons (Fsp3) is 0.600. The second-order valence-corrected chi connectivity index (χ2v) is 5.90. The van der Waals surface area contributed by atoms with E-state index in [0.29, 0.717) is 0 Å². The molecule has 0 aromatic heterocycles. The van der Waals surface area contributed by atoms with E-state index in [4.69, 9.17) is 21.1 Å². The van der Waals surface area contributed by atoms with Gasteiger partial charge < -0.3 is 14.8 Å². The third kappa shape index (κ3) is 2.09. The summed E-state index contributed by atoms with van der Waals surface area (Å²) in [6.07, 6.45) is 3.19. The van der Waals surface area contributed by atoms with Crippen molar-refractivity contribution in [3.63, 3.8) is 0 Å². The van der Waals surface area contributed by atoms with Gasteiger partial charge in [-0.05, 0) is 33.9 Å². The van der Waals surface area contributed by atoms with Gasteiger partial charge in [-0.3, -0.25) is 0 Å². The minimum Gasteiger partial charge on any atom is -0.490 e. The Kier molecular flexibility index (Phi) is 3.35. The first-order valence-electron chi connectivity index (χ1n) is 6.95. The summed E-state index contributed by atoms with van der Waals surface area (Å²) in [5, 5.41) is 3.98. The fourth-order valence-electron chi connectivity index (χ4n) is 3.06. The van der Waals surface area contributed by atoms with Gasteiger partial charge >= 0.3 is 0 Å². The van der Waals surface area contributed by atoms with Gasteiger partial charge in [0.2, 0.25) is 0 Å². The molecule has 0 bridgehead atoms. The number of hydrogen-bond acceptors (Lipinski definition) is 3. The third-order valence-electron chi connectivity index (χ3n) is 3.90. The highest BCUT2D eigenvalue weighted by atomic mass is 35.5.